The van der Waals surface area contributed by atoms with Crippen molar-refractivity contribution in [2.24, 2.45) is 0 Å². The molecule has 0 bridgehead atoms. The molecule has 0 spiro atoms. The molecule has 1 heterocycles. The van der Waals surface area contributed by atoms with Crippen LogP contribution >= 0.6 is 0 Å². The van der Waals surface area contributed by atoms with E-state index in [0.29, 0.717) is 16.5 Å². The van der Waals surface area contributed by atoms with E-state index in [1.54, 1.807) is 24.3 Å². The minimum atomic E-state index is -4.77. The number of halogens is 3. The molecule has 136 valence electrons. The summed E-state index contributed by atoms with van der Waals surface area (Å²) in [7, 11) is -3.85. The van der Waals surface area contributed by atoms with Gasteiger partial charge in [-0.25, -0.2) is 13.1 Å². The molecule has 0 saturated carbocycles. The maximum atomic E-state index is 12.5. The monoisotopic (exact) mass is 382 g/mol. The molecule has 0 fully saturated rings. The molecule has 1 aromatic heterocycles. The molecule has 0 aliphatic heterocycles. The van der Waals surface area contributed by atoms with Crippen molar-refractivity contribution < 1.29 is 26.3 Å². The van der Waals surface area contributed by atoms with E-state index in [-0.39, 0.29) is 17.2 Å². The average molecular weight is 382 g/mol. The minimum absolute atomic E-state index is 0.0348. The zero-order valence-electron chi connectivity index (χ0n) is 13.2. The fourth-order valence-electron chi connectivity index (χ4n) is 2.36. The van der Waals surface area contributed by atoms with Gasteiger partial charge in [0.15, 0.2) is 0 Å². The van der Waals surface area contributed by atoms with Gasteiger partial charge in [0, 0.05) is 18.1 Å². The first-order valence-corrected chi connectivity index (χ1v) is 8.91. The number of ether oxygens (including phenoxy) is 1. The predicted molar refractivity (Wildman–Crippen MR) is 88.9 cm³/mol. The summed E-state index contributed by atoms with van der Waals surface area (Å²) in [5.41, 5.74) is 0.827. The van der Waals surface area contributed by atoms with Crippen LogP contribution in [0.15, 0.2) is 65.7 Å². The second-order valence-corrected chi connectivity index (χ2v) is 7.08. The number of pyridine rings is 1. The Labute approximate surface area is 147 Å². The molecule has 9 heteroatoms. The van der Waals surface area contributed by atoms with E-state index in [1.165, 1.54) is 24.4 Å². The number of alkyl halides is 3. The molecular formula is C17H13F3N2O3S. The molecule has 0 saturated heterocycles. The number of nitrogens with one attached hydrogen (secondary N) is 1. The molecular weight excluding hydrogens is 369 g/mol. The molecule has 2 aromatic carbocycles. The Hall–Kier alpha value is -2.65. The van der Waals surface area contributed by atoms with E-state index in [9.17, 15) is 21.6 Å². The van der Waals surface area contributed by atoms with Crippen LogP contribution in [0.3, 0.4) is 0 Å². The lowest BCUT2D eigenvalue weighted by molar-refractivity contribution is -0.274. The van der Waals surface area contributed by atoms with Crippen LogP contribution in [0.2, 0.25) is 0 Å². The van der Waals surface area contributed by atoms with Gasteiger partial charge in [-0.15, -0.1) is 13.2 Å². The van der Waals surface area contributed by atoms with Gasteiger partial charge in [0.25, 0.3) is 0 Å². The van der Waals surface area contributed by atoms with E-state index >= 15 is 0 Å². The number of benzene rings is 2. The Morgan fingerprint density at radius 2 is 1.69 bits per heavy atom. The third kappa shape index (κ3) is 4.30. The van der Waals surface area contributed by atoms with Crippen LogP contribution in [-0.4, -0.2) is 19.8 Å². The Kier molecular flexibility index (Phi) is 4.84. The standard InChI is InChI=1S/C17H13F3N2O3S/c18-17(19,20)25-14-8-6-12(7-9-14)11-22-26(23,24)15-5-1-3-13-4-2-10-21-16(13)15/h1-10,22H,11H2. The summed E-state index contributed by atoms with van der Waals surface area (Å²) in [6.45, 7) is -0.0855. The molecule has 26 heavy (non-hydrogen) atoms. The van der Waals surface area contributed by atoms with Crippen LogP contribution in [-0.2, 0) is 16.6 Å². The first-order chi connectivity index (χ1) is 12.2. The molecule has 5 nitrogen and oxygen atoms in total. The van der Waals surface area contributed by atoms with Crippen molar-refractivity contribution in [2.45, 2.75) is 17.8 Å². The number of aromatic nitrogens is 1. The lowest BCUT2D eigenvalue weighted by atomic mass is 10.2. The predicted octanol–water partition coefficient (Wildman–Crippen LogP) is 3.61. The molecule has 0 aliphatic carbocycles. The number of sulfonamides is 1. The van der Waals surface area contributed by atoms with E-state index < -0.39 is 16.4 Å². The first-order valence-electron chi connectivity index (χ1n) is 7.43. The maximum absolute atomic E-state index is 12.5. The Bertz CT molecular complexity index is 1010. The van der Waals surface area contributed by atoms with Crippen molar-refractivity contribution in [3.05, 3.63) is 66.4 Å². The first kappa shape index (κ1) is 18.2. The van der Waals surface area contributed by atoms with Crippen molar-refractivity contribution in [3.8, 4) is 5.75 Å². The fourth-order valence-corrected chi connectivity index (χ4v) is 3.55. The van der Waals surface area contributed by atoms with Gasteiger partial charge in [0.1, 0.15) is 10.6 Å². The van der Waals surface area contributed by atoms with Crippen molar-refractivity contribution in [2.75, 3.05) is 0 Å². The molecule has 3 aromatic rings. The van der Waals surface area contributed by atoms with Crippen molar-refractivity contribution >= 4 is 20.9 Å². The lowest BCUT2D eigenvalue weighted by Crippen LogP contribution is -2.23. The topological polar surface area (TPSA) is 68.3 Å². The second kappa shape index (κ2) is 6.93. The van der Waals surface area contributed by atoms with Crippen LogP contribution in [0.5, 0.6) is 5.75 Å². The van der Waals surface area contributed by atoms with Gasteiger partial charge in [0.05, 0.1) is 5.52 Å². The van der Waals surface area contributed by atoms with Crippen LogP contribution < -0.4 is 9.46 Å². The molecule has 0 amide bonds. The zero-order valence-corrected chi connectivity index (χ0v) is 14.0. The van der Waals surface area contributed by atoms with Gasteiger partial charge in [-0.1, -0.05) is 30.3 Å². The zero-order chi connectivity index (χ0) is 18.8. The third-order valence-electron chi connectivity index (χ3n) is 3.51. The molecule has 0 unspecified atom stereocenters. The highest BCUT2D eigenvalue weighted by Gasteiger charge is 2.31. The van der Waals surface area contributed by atoms with Gasteiger partial charge in [0.2, 0.25) is 10.0 Å². The number of hydrogen-bond acceptors (Lipinski definition) is 4. The average Bonchev–Trinajstić information content (AvgIpc) is 2.59. The smallest absolute Gasteiger partial charge is 0.406 e. The Morgan fingerprint density at radius 1 is 1.00 bits per heavy atom. The number of nitrogens with zero attached hydrogens (tertiary/aromatic N) is 1. The normalized spacial score (nSPS) is 12.3. The lowest BCUT2D eigenvalue weighted by Gasteiger charge is -2.11. The van der Waals surface area contributed by atoms with E-state index in [0.717, 1.165) is 12.1 Å². The SMILES string of the molecule is O=S(=O)(NCc1ccc(OC(F)(F)F)cc1)c1cccc2cccnc12. The molecule has 1 N–H and O–H groups in total. The Balaban J connectivity index is 1.76. The van der Waals surface area contributed by atoms with Crippen molar-refractivity contribution in [1.82, 2.24) is 9.71 Å². The van der Waals surface area contributed by atoms with Crippen LogP contribution in [0.1, 0.15) is 5.56 Å². The summed E-state index contributed by atoms with van der Waals surface area (Å²) < 4.78 is 67.7. The van der Waals surface area contributed by atoms with Gasteiger partial charge < -0.3 is 4.74 Å². The number of hydrogen-bond donors (Lipinski definition) is 1. The number of rotatable bonds is 5. The van der Waals surface area contributed by atoms with Gasteiger partial charge in [-0.3, -0.25) is 4.98 Å². The highest BCUT2D eigenvalue weighted by Crippen LogP contribution is 2.23. The summed E-state index contributed by atoms with van der Waals surface area (Å²) in [6.07, 6.45) is -3.27. The van der Waals surface area contributed by atoms with Crippen LogP contribution in [0.25, 0.3) is 10.9 Å². The maximum Gasteiger partial charge on any atom is 0.573 e. The van der Waals surface area contributed by atoms with E-state index in [2.05, 4.69) is 14.4 Å². The molecule has 0 radical (unpaired) electrons. The summed E-state index contributed by atoms with van der Waals surface area (Å²) in [4.78, 5) is 4.14. The van der Waals surface area contributed by atoms with Gasteiger partial charge >= 0.3 is 6.36 Å². The summed E-state index contributed by atoms with van der Waals surface area (Å²) in [5.74, 6) is -0.373. The van der Waals surface area contributed by atoms with Crippen molar-refractivity contribution in [1.29, 1.82) is 0 Å². The summed E-state index contributed by atoms with van der Waals surface area (Å²) >= 11 is 0. The fraction of sp³-hybridized carbons (Fsp3) is 0.118. The minimum Gasteiger partial charge on any atom is -0.406 e. The molecule has 0 atom stereocenters. The highest BCUT2D eigenvalue weighted by atomic mass is 32.2. The van der Waals surface area contributed by atoms with E-state index in [4.69, 9.17) is 0 Å². The number of para-hydroxylation sites is 1. The summed E-state index contributed by atoms with van der Waals surface area (Å²) in [5, 5.41) is 0.684. The van der Waals surface area contributed by atoms with Crippen LogP contribution in [0.4, 0.5) is 13.2 Å². The van der Waals surface area contributed by atoms with Crippen molar-refractivity contribution in [3.63, 3.8) is 0 Å². The third-order valence-corrected chi connectivity index (χ3v) is 4.94. The quantitative estimate of drug-likeness (QED) is 0.732. The molecule has 0 aliphatic rings. The molecule has 3 rings (SSSR count). The number of fused-ring (bicyclic) bond motifs is 1. The van der Waals surface area contributed by atoms with Gasteiger partial charge in [-0.05, 0) is 29.8 Å². The van der Waals surface area contributed by atoms with Gasteiger partial charge in [-0.2, -0.15) is 0 Å². The largest absolute Gasteiger partial charge is 0.573 e. The van der Waals surface area contributed by atoms with E-state index in [1.807, 2.05) is 0 Å². The summed E-state index contributed by atoms with van der Waals surface area (Å²) in [6, 6.07) is 13.2. The Morgan fingerprint density at radius 3 is 2.38 bits per heavy atom. The van der Waals surface area contributed by atoms with Crippen LogP contribution in [0, 0.1) is 0 Å². The second-order valence-electron chi connectivity index (χ2n) is 5.35. The highest BCUT2D eigenvalue weighted by molar-refractivity contribution is 7.89.